The lowest BCUT2D eigenvalue weighted by molar-refractivity contribution is -0.0212. The molecule has 1 unspecified atom stereocenters. The average molecular weight is 272 g/mol. The quantitative estimate of drug-likeness (QED) is 0.929. The van der Waals surface area contributed by atoms with Gasteiger partial charge in [-0.15, -0.1) is 0 Å². The Hall–Kier alpha value is -1.32. The van der Waals surface area contributed by atoms with Crippen LogP contribution in [0.4, 0.5) is 0 Å². The van der Waals surface area contributed by atoms with Gasteiger partial charge in [-0.05, 0) is 62.7 Å². The normalized spacial score (nSPS) is 21.6. The summed E-state index contributed by atoms with van der Waals surface area (Å²) in [5, 5.41) is 1.29. The molecule has 1 fully saturated rings. The van der Waals surface area contributed by atoms with Crippen LogP contribution in [0.25, 0.3) is 10.9 Å². The summed E-state index contributed by atoms with van der Waals surface area (Å²) in [6.07, 6.45) is 5.74. The first-order valence-corrected chi connectivity index (χ1v) is 7.53. The zero-order valence-electron chi connectivity index (χ0n) is 12.4. The number of nitrogens with two attached hydrogens (primary N) is 1. The van der Waals surface area contributed by atoms with Gasteiger partial charge in [-0.3, -0.25) is 0 Å². The molecule has 2 aromatic rings. The van der Waals surface area contributed by atoms with Gasteiger partial charge in [0.1, 0.15) is 0 Å². The van der Waals surface area contributed by atoms with Gasteiger partial charge >= 0.3 is 0 Å². The second-order valence-corrected chi connectivity index (χ2v) is 6.44. The Kier molecular flexibility index (Phi) is 3.57. The minimum absolute atomic E-state index is 0.0400. The molecule has 2 N–H and O–H groups in total. The molecule has 20 heavy (non-hydrogen) atoms. The van der Waals surface area contributed by atoms with Crippen molar-refractivity contribution in [3.8, 4) is 0 Å². The lowest BCUT2D eigenvalue weighted by Crippen LogP contribution is -2.22. The van der Waals surface area contributed by atoms with Crippen LogP contribution in [0, 0.1) is 0 Å². The first kappa shape index (κ1) is 13.7. The fourth-order valence-corrected chi connectivity index (χ4v) is 3.14. The van der Waals surface area contributed by atoms with Crippen LogP contribution in [0.3, 0.4) is 0 Å². The van der Waals surface area contributed by atoms with Crippen LogP contribution in [-0.2, 0) is 17.7 Å². The Labute approximate surface area is 120 Å². The topological polar surface area (TPSA) is 40.2 Å². The van der Waals surface area contributed by atoms with Crippen molar-refractivity contribution in [2.24, 2.45) is 5.73 Å². The molecule has 3 nitrogen and oxygen atoms in total. The molecule has 0 bridgehead atoms. The van der Waals surface area contributed by atoms with Gasteiger partial charge in [0.2, 0.25) is 0 Å². The largest absolute Gasteiger partial charge is 0.370 e. The highest BCUT2D eigenvalue weighted by Crippen LogP contribution is 2.31. The molecule has 1 aromatic carbocycles. The van der Waals surface area contributed by atoms with Crippen LogP contribution in [0.15, 0.2) is 30.5 Å². The highest BCUT2D eigenvalue weighted by Gasteiger charge is 2.31. The molecule has 3 heteroatoms. The van der Waals surface area contributed by atoms with Gasteiger partial charge in [0.15, 0.2) is 0 Å². The van der Waals surface area contributed by atoms with Crippen LogP contribution in [0.5, 0.6) is 0 Å². The fourth-order valence-electron chi connectivity index (χ4n) is 3.14. The maximum absolute atomic E-state index is 6.11. The number of ether oxygens (including phenoxy) is 1. The number of benzene rings is 1. The van der Waals surface area contributed by atoms with Gasteiger partial charge in [0.05, 0.1) is 11.7 Å². The molecule has 1 aliphatic heterocycles. The number of hydrogen-bond acceptors (Lipinski definition) is 2. The predicted molar refractivity (Wildman–Crippen MR) is 82.9 cm³/mol. The highest BCUT2D eigenvalue weighted by molar-refractivity contribution is 5.80. The van der Waals surface area contributed by atoms with Crippen molar-refractivity contribution in [2.45, 2.75) is 51.4 Å². The Bertz CT molecular complexity index is 600. The Balaban J connectivity index is 1.82. The van der Waals surface area contributed by atoms with E-state index in [1.807, 2.05) is 0 Å². The molecule has 1 saturated heterocycles. The molecule has 1 aliphatic rings. The third-order valence-corrected chi connectivity index (χ3v) is 4.23. The van der Waals surface area contributed by atoms with Crippen molar-refractivity contribution in [3.63, 3.8) is 0 Å². The van der Waals surface area contributed by atoms with Crippen LogP contribution in [-0.4, -0.2) is 22.8 Å². The van der Waals surface area contributed by atoms with Crippen LogP contribution in [0.2, 0.25) is 0 Å². The highest BCUT2D eigenvalue weighted by atomic mass is 16.5. The van der Waals surface area contributed by atoms with E-state index in [0.29, 0.717) is 12.6 Å². The molecular weight excluding hydrogens is 248 g/mol. The lowest BCUT2D eigenvalue weighted by Gasteiger charge is -2.20. The van der Waals surface area contributed by atoms with E-state index < -0.39 is 0 Å². The van der Waals surface area contributed by atoms with E-state index in [0.717, 1.165) is 25.8 Å². The number of rotatable bonds is 4. The van der Waals surface area contributed by atoms with E-state index in [2.05, 4.69) is 48.9 Å². The molecule has 1 atom stereocenters. The number of fused-ring (bicyclic) bond motifs is 1. The zero-order valence-corrected chi connectivity index (χ0v) is 12.4. The molecule has 0 spiro atoms. The standard InChI is InChI=1S/C17H24N2O/c1-17(2)8-5-15(20-17)12-19-10-7-14-4-3-13(6-9-18)11-16(14)19/h3-4,7,10-11,15H,5-6,8-9,12,18H2,1-2H3. The fraction of sp³-hybridized carbons (Fsp3) is 0.529. The van der Waals surface area contributed by atoms with E-state index in [4.69, 9.17) is 10.5 Å². The van der Waals surface area contributed by atoms with Crippen molar-refractivity contribution in [2.75, 3.05) is 6.54 Å². The summed E-state index contributed by atoms with van der Waals surface area (Å²) in [5.41, 5.74) is 8.30. The van der Waals surface area contributed by atoms with Crippen molar-refractivity contribution in [3.05, 3.63) is 36.0 Å². The second kappa shape index (κ2) is 5.23. The predicted octanol–water partition coefficient (Wildman–Crippen LogP) is 3.10. The van der Waals surface area contributed by atoms with E-state index >= 15 is 0 Å². The Morgan fingerprint density at radius 1 is 1.35 bits per heavy atom. The van der Waals surface area contributed by atoms with E-state index in [1.54, 1.807) is 0 Å². The van der Waals surface area contributed by atoms with Crippen molar-refractivity contribution >= 4 is 10.9 Å². The van der Waals surface area contributed by atoms with Crippen molar-refractivity contribution < 1.29 is 4.74 Å². The minimum Gasteiger partial charge on any atom is -0.370 e. The van der Waals surface area contributed by atoms with Crippen LogP contribution < -0.4 is 5.73 Å². The maximum atomic E-state index is 6.11. The summed E-state index contributed by atoms with van der Waals surface area (Å²) in [7, 11) is 0. The van der Waals surface area contributed by atoms with E-state index in [-0.39, 0.29) is 5.60 Å². The molecule has 2 heterocycles. The summed E-state index contributed by atoms with van der Waals surface area (Å²) in [4.78, 5) is 0. The molecule has 0 radical (unpaired) electrons. The van der Waals surface area contributed by atoms with E-state index in [9.17, 15) is 0 Å². The summed E-state index contributed by atoms with van der Waals surface area (Å²) in [5.74, 6) is 0. The molecule has 1 aromatic heterocycles. The average Bonchev–Trinajstić information content (AvgIpc) is 2.94. The minimum atomic E-state index is 0.0400. The number of hydrogen-bond donors (Lipinski definition) is 1. The van der Waals surface area contributed by atoms with Crippen LogP contribution in [0.1, 0.15) is 32.3 Å². The molecule has 3 rings (SSSR count). The van der Waals surface area contributed by atoms with Crippen molar-refractivity contribution in [1.29, 1.82) is 0 Å². The van der Waals surface area contributed by atoms with Crippen molar-refractivity contribution in [1.82, 2.24) is 4.57 Å². The second-order valence-electron chi connectivity index (χ2n) is 6.44. The monoisotopic (exact) mass is 272 g/mol. The van der Waals surface area contributed by atoms with Gasteiger partial charge < -0.3 is 15.0 Å². The van der Waals surface area contributed by atoms with Gasteiger partial charge in [-0.25, -0.2) is 0 Å². The number of aromatic nitrogens is 1. The zero-order chi connectivity index (χ0) is 14.2. The molecule has 0 amide bonds. The summed E-state index contributed by atoms with van der Waals surface area (Å²) >= 11 is 0. The van der Waals surface area contributed by atoms with Gasteiger partial charge in [0.25, 0.3) is 0 Å². The summed E-state index contributed by atoms with van der Waals surface area (Å²) in [6.45, 7) is 6.01. The maximum Gasteiger partial charge on any atom is 0.0762 e. The van der Waals surface area contributed by atoms with E-state index in [1.165, 1.54) is 16.5 Å². The first-order chi connectivity index (χ1) is 9.57. The van der Waals surface area contributed by atoms with Gasteiger partial charge in [-0.2, -0.15) is 0 Å². The van der Waals surface area contributed by atoms with Gasteiger partial charge in [-0.1, -0.05) is 12.1 Å². The SMILES string of the molecule is CC1(C)CCC(Cn2ccc3ccc(CCN)cc32)O1. The molecule has 0 aliphatic carbocycles. The smallest absolute Gasteiger partial charge is 0.0762 e. The first-order valence-electron chi connectivity index (χ1n) is 7.53. The Morgan fingerprint density at radius 2 is 2.20 bits per heavy atom. The lowest BCUT2D eigenvalue weighted by atomic mass is 10.1. The van der Waals surface area contributed by atoms with Gasteiger partial charge in [0, 0.05) is 18.3 Å². The third kappa shape index (κ3) is 2.74. The molecule has 108 valence electrons. The summed E-state index contributed by atoms with van der Waals surface area (Å²) < 4.78 is 8.43. The number of nitrogens with zero attached hydrogens (tertiary/aromatic N) is 1. The molecular formula is C17H24N2O. The Morgan fingerprint density at radius 3 is 2.90 bits per heavy atom. The van der Waals surface area contributed by atoms with Crippen LogP contribution >= 0.6 is 0 Å². The third-order valence-electron chi connectivity index (χ3n) is 4.23. The molecule has 0 saturated carbocycles. The summed E-state index contributed by atoms with van der Waals surface area (Å²) in [6, 6.07) is 8.81.